The average molecular weight is 615 g/mol. The number of carbonyl (C=O) groups excluding carboxylic acids is 1. The van der Waals surface area contributed by atoms with Crippen molar-refractivity contribution in [1.29, 1.82) is 0 Å². The smallest absolute Gasteiger partial charge is 0.414 e. The molecule has 4 rings (SSSR count). The molecule has 0 radical (unpaired) electrons. The number of hydrogen-bond donors (Lipinski definition) is 4. The Morgan fingerprint density at radius 2 is 1.61 bits per heavy atom. The number of piperidine rings is 1. The van der Waals surface area contributed by atoms with E-state index in [2.05, 4.69) is 54.3 Å². The predicted octanol–water partition coefficient (Wildman–Crippen LogP) is 3.78. The first-order valence-corrected chi connectivity index (χ1v) is 14.6. The number of ether oxygens (including phenoxy) is 2. The van der Waals surface area contributed by atoms with E-state index in [9.17, 15) is 19.2 Å². The van der Waals surface area contributed by atoms with Crippen molar-refractivity contribution in [2.24, 2.45) is 5.41 Å². The minimum absolute atomic E-state index is 0.273. The molecule has 0 aliphatic carbocycles. The van der Waals surface area contributed by atoms with Crippen LogP contribution in [0.25, 0.3) is 0 Å². The fourth-order valence-corrected chi connectivity index (χ4v) is 5.51. The molecule has 2 aliphatic heterocycles. The van der Waals surface area contributed by atoms with E-state index in [-0.39, 0.29) is 11.5 Å². The standard InChI is InChI=1S/C26H34N2O3.C6H8O7/c1-3-30-20-26(12-11-21-7-5-4-6-8-21)13-15-28(16-14-26)18-22-9-10-24-23(17-22)19-31-25(29)27(24)2;7-3(8)1-6(13,5(11)12)2-4(9)10/h4-10,17H,3,11-16,18-20H2,1-2H3;13H,1-2H2,(H,7,8)(H,9,10)(H,11,12). The molecule has 0 saturated carbocycles. The molecule has 0 spiro atoms. The number of hydrogen-bond acceptors (Lipinski definition) is 8. The average Bonchev–Trinajstić information content (AvgIpc) is 2.98. The first-order chi connectivity index (χ1) is 20.9. The first-order valence-electron chi connectivity index (χ1n) is 14.6. The molecule has 2 aromatic rings. The Morgan fingerprint density at radius 1 is 0.977 bits per heavy atom. The maximum absolute atomic E-state index is 11.7. The number of nitrogens with zero attached hydrogens (tertiary/aromatic N) is 2. The monoisotopic (exact) mass is 614 g/mol. The summed E-state index contributed by atoms with van der Waals surface area (Å²) in [5.74, 6) is -5.02. The molecule has 1 saturated heterocycles. The number of likely N-dealkylation sites (tertiary alicyclic amines) is 1. The Morgan fingerprint density at radius 3 is 2.18 bits per heavy atom. The number of rotatable bonds is 13. The summed E-state index contributed by atoms with van der Waals surface area (Å²) in [6.07, 6.45) is 2.07. The van der Waals surface area contributed by atoms with Crippen molar-refractivity contribution in [3.05, 3.63) is 65.2 Å². The van der Waals surface area contributed by atoms with Gasteiger partial charge in [0.2, 0.25) is 0 Å². The van der Waals surface area contributed by atoms with Crippen LogP contribution in [0, 0.1) is 5.41 Å². The van der Waals surface area contributed by atoms with Crippen molar-refractivity contribution in [2.45, 2.75) is 64.2 Å². The van der Waals surface area contributed by atoms with Crippen LogP contribution in [0.15, 0.2) is 48.5 Å². The largest absolute Gasteiger partial charge is 0.481 e. The maximum Gasteiger partial charge on any atom is 0.414 e. The van der Waals surface area contributed by atoms with Gasteiger partial charge < -0.3 is 29.9 Å². The van der Waals surface area contributed by atoms with Crippen molar-refractivity contribution in [3.8, 4) is 0 Å². The summed E-state index contributed by atoms with van der Waals surface area (Å²) < 4.78 is 11.2. The van der Waals surface area contributed by atoms with E-state index >= 15 is 0 Å². The Kier molecular flexibility index (Phi) is 12.3. The van der Waals surface area contributed by atoms with Crippen LogP contribution in [-0.2, 0) is 43.4 Å². The van der Waals surface area contributed by atoms with Gasteiger partial charge >= 0.3 is 24.0 Å². The summed E-state index contributed by atoms with van der Waals surface area (Å²) in [5.41, 5.74) is 2.28. The number of benzene rings is 2. The second-order valence-corrected chi connectivity index (χ2v) is 11.5. The minimum Gasteiger partial charge on any atom is -0.481 e. The van der Waals surface area contributed by atoms with E-state index in [0.29, 0.717) is 6.61 Å². The van der Waals surface area contributed by atoms with Crippen molar-refractivity contribution in [1.82, 2.24) is 4.90 Å². The molecule has 1 amide bonds. The van der Waals surface area contributed by atoms with Crippen LogP contribution in [-0.4, -0.2) is 88.3 Å². The minimum atomic E-state index is -2.74. The topological polar surface area (TPSA) is 174 Å². The first kappa shape index (κ1) is 34.5. The second kappa shape index (κ2) is 15.6. The number of aryl methyl sites for hydroxylation is 1. The Balaban J connectivity index is 0.000000345. The van der Waals surface area contributed by atoms with Crippen LogP contribution in [0.2, 0.25) is 0 Å². The Hall–Kier alpha value is -4.00. The number of aliphatic hydroxyl groups is 1. The van der Waals surface area contributed by atoms with E-state index in [1.54, 1.807) is 11.9 Å². The molecule has 12 nitrogen and oxygen atoms in total. The fourth-order valence-electron chi connectivity index (χ4n) is 5.51. The number of carboxylic acids is 3. The lowest BCUT2D eigenvalue weighted by molar-refractivity contribution is -0.170. The number of fused-ring (bicyclic) bond motifs is 1. The number of aliphatic carboxylic acids is 3. The molecule has 12 heteroatoms. The van der Waals surface area contributed by atoms with Crippen LogP contribution < -0.4 is 4.90 Å². The van der Waals surface area contributed by atoms with Gasteiger partial charge in [0.15, 0.2) is 5.60 Å². The molecule has 0 aromatic heterocycles. The van der Waals surface area contributed by atoms with E-state index in [1.807, 2.05) is 6.07 Å². The van der Waals surface area contributed by atoms with Gasteiger partial charge in [0.1, 0.15) is 6.61 Å². The van der Waals surface area contributed by atoms with Gasteiger partial charge in [-0.3, -0.25) is 19.4 Å². The summed E-state index contributed by atoms with van der Waals surface area (Å²) in [7, 11) is 1.76. The molecule has 0 atom stereocenters. The maximum atomic E-state index is 11.7. The molecule has 4 N–H and O–H groups in total. The lowest BCUT2D eigenvalue weighted by Gasteiger charge is -2.42. The quantitative estimate of drug-likeness (QED) is 0.259. The van der Waals surface area contributed by atoms with Crippen molar-refractivity contribution >= 4 is 29.7 Å². The van der Waals surface area contributed by atoms with Gasteiger partial charge in [0.05, 0.1) is 25.1 Å². The zero-order valence-corrected chi connectivity index (χ0v) is 25.2. The molecule has 2 aliphatic rings. The van der Waals surface area contributed by atoms with Gasteiger partial charge in [0, 0.05) is 25.8 Å². The van der Waals surface area contributed by atoms with Crippen LogP contribution in [0.4, 0.5) is 10.5 Å². The van der Waals surface area contributed by atoms with Crippen molar-refractivity contribution in [3.63, 3.8) is 0 Å². The summed E-state index contributed by atoms with van der Waals surface area (Å²) in [5, 5.41) is 33.8. The normalized spacial score (nSPS) is 16.2. The molecule has 0 unspecified atom stereocenters. The van der Waals surface area contributed by atoms with Gasteiger partial charge in [-0.25, -0.2) is 9.59 Å². The molecule has 44 heavy (non-hydrogen) atoms. The van der Waals surface area contributed by atoms with Gasteiger partial charge in [-0.2, -0.15) is 0 Å². The third-order valence-electron chi connectivity index (χ3n) is 8.14. The Labute approximate surface area is 256 Å². The second-order valence-electron chi connectivity index (χ2n) is 11.5. The highest BCUT2D eigenvalue weighted by Gasteiger charge is 2.41. The molecule has 2 heterocycles. The number of carbonyl (C=O) groups is 4. The van der Waals surface area contributed by atoms with E-state index in [0.717, 1.165) is 50.5 Å². The highest BCUT2D eigenvalue weighted by Crippen LogP contribution is 2.37. The summed E-state index contributed by atoms with van der Waals surface area (Å²) in [6, 6.07) is 17.2. The van der Waals surface area contributed by atoms with Crippen molar-refractivity contribution < 1.29 is 49.1 Å². The molecular formula is C32H42N2O10. The van der Waals surface area contributed by atoms with E-state index < -0.39 is 36.4 Å². The van der Waals surface area contributed by atoms with Crippen LogP contribution in [0.5, 0.6) is 0 Å². The SMILES string of the molecule is CCOCC1(CCc2ccccc2)CCN(Cc2ccc3c(c2)COC(=O)N3C)CC1.O=C(O)CC(O)(CC(=O)O)C(=O)O. The third kappa shape index (κ3) is 9.76. The molecule has 0 bridgehead atoms. The van der Waals surface area contributed by atoms with Gasteiger partial charge in [-0.1, -0.05) is 36.4 Å². The fraction of sp³-hybridized carbons (Fsp3) is 0.500. The molecule has 2 aromatic carbocycles. The van der Waals surface area contributed by atoms with Crippen molar-refractivity contribution in [2.75, 3.05) is 38.3 Å². The summed E-state index contributed by atoms with van der Waals surface area (Å²) in [4.78, 5) is 46.3. The predicted molar refractivity (Wildman–Crippen MR) is 160 cm³/mol. The highest BCUT2D eigenvalue weighted by atomic mass is 16.6. The third-order valence-corrected chi connectivity index (χ3v) is 8.14. The molecule has 240 valence electrons. The van der Waals surface area contributed by atoms with Crippen LogP contribution in [0.1, 0.15) is 55.7 Å². The highest BCUT2D eigenvalue weighted by molar-refractivity contribution is 5.90. The lowest BCUT2D eigenvalue weighted by Crippen LogP contribution is -2.42. The van der Waals surface area contributed by atoms with Gasteiger partial charge in [-0.05, 0) is 74.4 Å². The van der Waals surface area contributed by atoms with Crippen LogP contribution in [0.3, 0.4) is 0 Å². The number of amides is 1. The zero-order valence-electron chi connectivity index (χ0n) is 25.2. The van der Waals surface area contributed by atoms with E-state index in [1.165, 1.54) is 30.4 Å². The van der Waals surface area contributed by atoms with Crippen LogP contribution >= 0.6 is 0 Å². The summed E-state index contributed by atoms with van der Waals surface area (Å²) >= 11 is 0. The van der Waals surface area contributed by atoms with Gasteiger partial charge in [0.25, 0.3) is 0 Å². The Bertz CT molecular complexity index is 1280. The molecular weight excluding hydrogens is 572 g/mol. The van der Waals surface area contributed by atoms with E-state index in [4.69, 9.17) is 29.9 Å². The van der Waals surface area contributed by atoms with Gasteiger partial charge in [-0.15, -0.1) is 0 Å². The molecule has 1 fully saturated rings. The summed E-state index contributed by atoms with van der Waals surface area (Å²) in [6.45, 7) is 7.22. The zero-order chi connectivity index (χ0) is 32.3. The number of carboxylic acid groups (broad SMARTS) is 3. The lowest BCUT2D eigenvalue weighted by atomic mass is 9.74. The number of anilines is 1. The number of cyclic esters (lactones) is 1.